The van der Waals surface area contributed by atoms with Gasteiger partial charge in [-0.1, -0.05) is 45.0 Å². The molecule has 0 aliphatic heterocycles. The zero-order chi connectivity index (χ0) is 24.5. The molecule has 2 amide bonds. The number of carboxylic acid groups (broad SMARTS) is 1. The Bertz CT molecular complexity index is 1390. The third-order valence-corrected chi connectivity index (χ3v) is 5.20. The van der Waals surface area contributed by atoms with E-state index in [1.54, 1.807) is 29.9 Å². The molecular formula is C25H25N5O4. The van der Waals surface area contributed by atoms with Gasteiger partial charge in [-0.25, -0.2) is 14.6 Å². The smallest absolute Gasteiger partial charge is 0.354 e. The van der Waals surface area contributed by atoms with Gasteiger partial charge >= 0.3 is 12.0 Å². The monoisotopic (exact) mass is 459 g/mol. The highest BCUT2D eigenvalue weighted by molar-refractivity contribution is 6.07. The molecule has 0 atom stereocenters. The number of nitrogens with zero attached hydrogens (tertiary/aromatic N) is 3. The van der Waals surface area contributed by atoms with Crippen LogP contribution in [-0.2, 0) is 12.5 Å². The number of ether oxygens (including phenoxy) is 1. The Kier molecular flexibility index (Phi) is 5.93. The van der Waals surface area contributed by atoms with Crippen LogP contribution in [0.25, 0.3) is 10.8 Å². The average Bonchev–Trinajstić information content (AvgIpc) is 3.16. The van der Waals surface area contributed by atoms with Crippen LogP contribution in [0.1, 0.15) is 37.0 Å². The van der Waals surface area contributed by atoms with Crippen LogP contribution in [0.2, 0.25) is 0 Å². The summed E-state index contributed by atoms with van der Waals surface area (Å²) in [5.74, 6) is 0.315. The van der Waals surface area contributed by atoms with Crippen LogP contribution in [0.4, 0.5) is 16.3 Å². The molecule has 0 saturated heterocycles. The Morgan fingerprint density at radius 1 is 1.00 bits per heavy atom. The SMILES string of the molecule is Cn1nc(C(C)(C)C)cc1NC(=O)Nc1ccc(Oc2ccnc(C(=O)O)c2)c2ccccc12. The molecule has 3 N–H and O–H groups in total. The summed E-state index contributed by atoms with van der Waals surface area (Å²) in [6, 6.07) is 15.3. The molecular weight excluding hydrogens is 434 g/mol. The van der Waals surface area contributed by atoms with Crippen molar-refractivity contribution in [3.8, 4) is 11.5 Å². The van der Waals surface area contributed by atoms with Crippen LogP contribution >= 0.6 is 0 Å². The third-order valence-electron chi connectivity index (χ3n) is 5.20. The Hall–Kier alpha value is -4.40. The van der Waals surface area contributed by atoms with Crippen LogP contribution in [0.3, 0.4) is 0 Å². The molecule has 0 radical (unpaired) electrons. The normalized spacial score (nSPS) is 11.3. The number of aryl methyl sites for hydroxylation is 1. The van der Waals surface area contributed by atoms with Gasteiger partial charge in [-0.3, -0.25) is 10.00 Å². The van der Waals surface area contributed by atoms with E-state index in [9.17, 15) is 9.59 Å². The van der Waals surface area contributed by atoms with Crippen molar-refractivity contribution >= 4 is 34.3 Å². The molecule has 174 valence electrons. The lowest BCUT2D eigenvalue weighted by Gasteiger charge is -2.14. The lowest BCUT2D eigenvalue weighted by molar-refractivity contribution is 0.0690. The van der Waals surface area contributed by atoms with Crippen molar-refractivity contribution < 1.29 is 19.4 Å². The number of aromatic carboxylic acids is 1. The minimum Gasteiger partial charge on any atom is -0.477 e. The van der Waals surface area contributed by atoms with Gasteiger partial charge in [0.05, 0.1) is 11.4 Å². The second-order valence-corrected chi connectivity index (χ2v) is 8.81. The molecule has 0 bridgehead atoms. The number of anilines is 2. The van der Waals surface area contributed by atoms with Gasteiger partial charge in [-0.2, -0.15) is 5.10 Å². The van der Waals surface area contributed by atoms with Crippen molar-refractivity contribution in [1.82, 2.24) is 14.8 Å². The van der Waals surface area contributed by atoms with Crippen LogP contribution in [-0.4, -0.2) is 31.9 Å². The number of hydrogen-bond donors (Lipinski definition) is 3. The summed E-state index contributed by atoms with van der Waals surface area (Å²) in [5.41, 5.74) is 1.22. The maximum Gasteiger partial charge on any atom is 0.354 e. The molecule has 9 nitrogen and oxygen atoms in total. The average molecular weight is 460 g/mol. The first kappa shape index (κ1) is 22.8. The number of urea groups is 1. The zero-order valence-corrected chi connectivity index (χ0v) is 19.3. The lowest BCUT2D eigenvalue weighted by Crippen LogP contribution is -2.21. The van der Waals surface area contributed by atoms with E-state index in [1.165, 1.54) is 12.3 Å². The van der Waals surface area contributed by atoms with E-state index in [-0.39, 0.29) is 11.1 Å². The first-order chi connectivity index (χ1) is 16.1. The molecule has 2 heterocycles. The summed E-state index contributed by atoms with van der Waals surface area (Å²) in [7, 11) is 1.78. The standard InChI is InChI=1S/C25H25N5O4/c1-25(2,3)21-14-22(30(4)29-21)28-24(33)27-18-9-10-20(17-8-6-5-7-16(17)18)34-15-11-12-26-19(13-15)23(31)32/h5-14H,1-4H3,(H,31,32)(H2,27,28,33). The van der Waals surface area contributed by atoms with Crippen LogP contribution < -0.4 is 15.4 Å². The van der Waals surface area contributed by atoms with Gasteiger partial charge in [0.1, 0.15) is 17.3 Å². The Morgan fingerprint density at radius 3 is 2.41 bits per heavy atom. The van der Waals surface area contributed by atoms with Crippen LogP contribution in [0.15, 0.2) is 60.8 Å². The van der Waals surface area contributed by atoms with Crippen LogP contribution in [0, 0.1) is 0 Å². The third kappa shape index (κ3) is 4.83. The molecule has 4 rings (SSSR count). The number of benzene rings is 2. The van der Waals surface area contributed by atoms with Gasteiger partial charge in [0.15, 0.2) is 5.69 Å². The predicted molar refractivity (Wildman–Crippen MR) is 130 cm³/mol. The summed E-state index contributed by atoms with van der Waals surface area (Å²) >= 11 is 0. The second-order valence-electron chi connectivity index (χ2n) is 8.81. The first-order valence-corrected chi connectivity index (χ1v) is 10.6. The molecule has 0 saturated carbocycles. The van der Waals surface area contributed by atoms with E-state index in [4.69, 9.17) is 9.84 Å². The minimum absolute atomic E-state index is 0.110. The summed E-state index contributed by atoms with van der Waals surface area (Å²) in [4.78, 5) is 27.8. The predicted octanol–water partition coefficient (Wildman–Crippen LogP) is 5.40. The van der Waals surface area contributed by atoms with Gasteiger partial charge in [0.25, 0.3) is 0 Å². The number of carboxylic acids is 1. The van der Waals surface area contributed by atoms with Gasteiger partial charge in [-0.15, -0.1) is 0 Å². The van der Waals surface area contributed by atoms with Gasteiger partial charge in [-0.05, 0) is 18.2 Å². The molecule has 4 aromatic rings. The summed E-state index contributed by atoms with van der Waals surface area (Å²) in [6.07, 6.45) is 1.38. The fourth-order valence-electron chi connectivity index (χ4n) is 3.41. The Morgan fingerprint density at radius 2 is 1.74 bits per heavy atom. The molecule has 0 spiro atoms. The minimum atomic E-state index is -1.14. The number of amides is 2. The van der Waals surface area contributed by atoms with Crippen molar-refractivity contribution in [2.45, 2.75) is 26.2 Å². The largest absolute Gasteiger partial charge is 0.477 e. The molecule has 0 aliphatic rings. The Labute approximate surface area is 196 Å². The quantitative estimate of drug-likeness (QED) is 0.368. The highest BCUT2D eigenvalue weighted by atomic mass is 16.5. The Balaban J connectivity index is 1.58. The van der Waals surface area contributed by atoms with Gasteiger partial charge < -0.3 is 15.2 Å². The second kappa shape index (κ2) is 8.86. The maximum atomic E-state index is 12.8. The molecule has 34 heavy (non-hydrogen) atoms. The van der Waals surface area contributed by atoms with Gasteiger partial charge in [0.2, 0.25) is 0 Å². The van der Waals surface area contributed by atoms with Crippen molar-refractivity contribution in [3.63, 3.8) is 0 Å². The number of pyridine rings is 1. The highest BCUT2D eigenvalue weighted by Crippen LogP contribution is 2.34. The molecule has 0 aliphatic carbocycles. The van der Waals surface area contributed by atoms with E-state index in [1.807, 2.05) is 30.3 Å². The van der Waals surface area contributed by atoms with Crippen molar-refractivity contribution in [1.29, 1.82) is 0 Å². The van der Waals surface area contributed by atoms with Gasteiger partial charge in [0, 0.05) is 41.6 Å². The summed E-state index contributed by atoms with van der Waals surface area (Å²) < 4.78 is 7.58. The van der Waals surface area contributed by atoms with Crippen LogP contribution in [0.5, 0.6) is 11.5 Å². The number of hydrogen-bond acceptors (Lipinski definition) is 5. The van der Waals surface area contributed by atoms with Crippen molar-refractivity contribution in [2.24, 2.45) is 7.05 Å². The summed E-state index contributed by atoms with van der Waals surface area (Å²) in [6.45, 7) is 6.18. The van der Waals surface area contributed by atoms with E-state index >= 15 is 0 Å². The van der Waals surface area contributed by atoms with Crippen molar-refractivity contribution in [2.75, 3.05) is 10.6 Å². The van der Waals surface area contributed by atoms with E-state index in [0.717, 1.165) is 16.5 Å². The van der Waals surface area contributed by atoms with E-state index in [0.29, 0.717) is 23.0 Å². The van der Waals surface area contributed by atoms with E-state index < -0.39 is 12.0 Å². The number of carbonyl (C=O) groups is 2. The fraction of sp³-hybridized carbons (Fsp3) is 0.200. The number of nitrogens with one attached hydrogen (secondary N) is 2. The number of rotatable bonds is 5. The highest BCUT2D eigenvalue weighted by Gasteiger charge is 2.20. The van der Waals surface area contributed by atoms with Crippen molar-refractivity contribution in [3.05, 3.63) is 72.2 Å². The maximum absolute atomic E-state index is 12.8. The molecule has 2 aromatic carbocycles. The topological polar surface area (TPSA) is 118 Å². The number of carbonyl (C=O) groups excluding carboxylic acids is 1. The number of fused-ring (bicyclic) bond motifs is 1. The molecule has 0 fully saturated rings. The molecule has 2 aromatic heterocycles. The van der Waals surface area contributed by atoms with E-state index in [2.05, 4.69) is 41.5 Å². The first-order valence-electron chi connectivity index (χ1n) is 10.6. The zero-order valence-electron chi connectivity index (χ0n) is 19.3. The summed E-state index contributed by atoms with van der Waals surface area (Å²) in [5, 5.41) is 20.9. The number of aromatic nitrogens is 3. The fourth-order valence-corrected chi connectivity index (χ4v) is 3.41. The molecule has 0 unspecified atom stereocenters. The lowest BCUT2D eigenvalue weighted by atomic mass is 9.92. The molecule has 9 heteroatoms.